The van der Waals surface area contributed by atoms with Crippen molar-refractivity contribution >= 4 is 0 Å². The predicted octanol–water partition coefficient (Wildman–Crippen LogP) is 2.39. The summed E-state index contributed by atoms with van der Waals surface area (Å²) in [6.45, 7) is 1.21. The lowest BCUT2D eigenvalue weighted by atomic mass is 9.80. The Kier molecular flexibility index (Phi) is 3.68. The number of hydrogen-bond acceptors (Lipinski definition) is 2. The molecular weight excluding hydrogens is 184 g/mol. The highest BCUT2D eigenvalue weighted by molar-refractivity contribution is 4.94. The third kappa shape index (κ3) is 2.54. The maximum Gasteiger partial charge on any atom is 0.0327 e. The Labute approximate surface area is 94.4 Å². The quantitative estimate of drug-likeness (QED) is 0.766. The van der Waals surface area contributed by atoms with Crippen LogP contribution in [0.5, 0.6) is 0 Å². The molecule has 0 amide bonds. The van der Waals surface area contributed by atoms with E-state index in [4.69, 9.17) is 0 Å². The first-order chi connectivity index (χ1) is 7.23. The van der Waals surface area contributed by atoms with E-state index in [9.17, 15) is 0 Å². The lowest BCUT2D eigenvalue weighted by Gasteiger charge is -2.44. The second-order valence-electron chi connectivity index (χ2n) is 5.69. The molecule has 2 saturated carbocycles. The van der Waals surface area contributed by atoms with Crippen LogP contribution in [0.25, 0.3) is 0 Å². The van der Waals surface area contributed by atoms with Crippen molar-refractivity contribution in [2.45, 2.75) is 62.9 Å². The summed E-state index contributed by atoms with van der Waals surface area (Å²) >= 11 is 0. The number of nitrogens with one attached hydrogen (secondary N) is 1. The molecule has 0 aromatic carbocycles. The van der Waals surface area contributed by atoms with Crippen LogP contribution in [-0.4, -0.2) is 37.1 Å². The van der Waals surface area contributed by atoms with Gasteiger partial charge in [0.15, 0.2) is 0 Å². The van der Waals surface area contributed by atoms with Crippen molar-refractivity contribution in [1.29, 1.82) is 0 Å². The topological polar surface area (TPSA) is 15.3 Å². The molecule has 88 valence electrons. The molecule has 0 spiro atoms. The van der Waals surface area contributed by atoms with E-state index in [0.29, 0.717) is 5.54 Å². The maximum atomic E-state index is 3.77. The molecule has 15 heavy (non-hydrogen) atoms. The van der Waals surface area contributed by atoms with Crippen molar-refractivity contribution < 1.29 is 0 Å². The van der Waals surface area contributed by atoms with E-state index >= 15 is 0 Å². The number of hydrogen-bond donors (Lipinski definition) is 1. The molecule has 0 aromatic heterocycles. The molecule has 2 aliphatic carbocycles. The number of rotatable bonds is 4. The van der Waals surface area contributed by atoms with Crippen LogP contribution < -0.4 is 5.32 Å². The molecule has 0 heterocycles. The van der Waals surface area contributed by atoms with Gasteiger partial charge in [-0.3, -0.25) is 0 Å². The molecule has 1 N–H and O–H groups in total. The minimum absolute atomic E-state index is 0.466. The van der Waals surface area contributed by atoms with Crippen molar-refractivity contribution in [2.75, 3.05) is 20.6 Å². The van der Waals surface area contributed by atoms with Gasteiger partial charge in [-0.15, -0.1) is 0 Å². The van der Waals surface area contributed by atoms with Gasteiger partial charge in [0.25, 0.3) is 0 Å². The van der Waals surface area contributed by atoms with Crippen LogP contribution in [0.1, 0.15) is 51.4 Å². The molecule has 0 aliphatic heterocycles. The van der Waals surface area contributed by atoms with Crippen molar-refractivity contribution in [3.63, 3.8) is 0 Å². The van der Waals surface area contributed by atoms with E-state index in [2.05, 4.69) is 24.3 Å². The van der Waals surface area contributed by atoms with Gasteiger partial charge < -0.3 is 10.2 Å². The highest BCUT2D eigenvalue weighted by atomic mass is 15.2. The summed E-state index contributed by atoms with van der Waals surface area (Å²) in [7, 11) is 4.52. The van der Waals surface area contributed by atoms with Crippen LogP contribution in [0.15, 0.2) is 0 Å². The van der Waals surface area contributed by atoms with Gasteiger partial charge in [-0.1, -0.05) is 25.7 Å². The largest absolute Gasteiger partial charge is 0.312 e. The van der Waals surface area contributed by atoms with Crippen molar-refractivity contribution in [2.24, 2.45) is 0 Å². The fourth-order valence-corrected chi connectivity index (χ4v) is 2.94. The first-order valence-corrected chi connectivity index (χ1v) is 6.64. The molecule has 2 aliphatic rings. The molecule has 0 aromatic rings. The first-order valence-electron chi connectivity index (χ1n) is 6.64. The van der Waals surface area contributed by atoms with Gasteiger partial charge in [-0.25, -0.2) is 0 Å². The summed E-state index contributed by atoms with van der Waals surface area (Å²) in [4.78, 5) is 2.47. The minimum Gasteiger partial charge on any atom is -0.312 e. The zero-order chi connectivity index (χ0) is 10.7. The highest BCUT2D eigenvalue weighted by Gasteiger charge is 2.34. The van der Waals surface area contributed by atoms with Crippen molar-refractivity contribution in [1.82, 2.24) is 10.2 Å². The van der Waals surface area contributed by atoms with E-state index < -0.39 is 0 Å². The third-order valence-electron chi connectivity index (χ3n) is 4.56. The van der Waals surface area contributed by atoms with Crippen LogP contribution in [-0.2, 0) is 0 Å². The van der Waals surface area contributed by atoms with Crippen LogP contribution in [0, 0.1) is 0 Å². The van der Waals surface area contributed by atoms with E-state index in [1.54, 1.807) is 0 Å². The van der Waals surface area contributed by atoms with Gasteiger partial charge in [-0.2, -0.15) is 0 Å². The molecule has 0 saturated heterocycles. The minimum atomic E-state index is 0.466. The van der Waals surface area contributed by atoms with Gasteiger partial charge >= 0.3 is 0 Å². The Hall–Kier alpha value is -0.0800. The Morgan fingerprint density at radius 2 is 1.73 bits per heavy atom. The second kappa shape index (κ2) is 4.84. The van der Waals surface area contributed by atoms with Crippen molar-refractivity contribution in [3.05, 3.63) is 0 Å². The summed E-state index contributed by atoms with van der Waals surface area (Å²) in [5.41, 5.74) is 0.466. The lowest BCUT2D eigenvalue weighted by Crippen LogP contribution is -2.55. The number of likely N-dealkylation sites (N-methyl/N-ethyl adjacent to an activating group) is 1. The molecule has 0 atom stereocenters. The summed E-state index contributed by atoms with van der Waals surface area (Å²) < 4.78 is 0. The Morgan fingerprint density at radius 1 is 1.07 bits per heavy atom. The Bertz CT molecular complexity index is 191. The van der Waals surface area contributed by atoms with Gasteiger partial charge in [0, 0.05) is 18.1 Å². The summed E-state index contributed by atoms with van der Waals surface area (Å²) in [5.74, 6) is 0. The SMILES string of the molecule is CN(C)C1(CNC2CCC2)CCCCC1. The standard InChI is InChI=1S/C13H26N2/c1-15(2)13(9-4-3-5-10-13)11-14-12-7-6-8-12/h12,14H,3-11H2,1-2H3. The van der Waals surface area contributed by atoms with Crippen LogP contribution >= 0.6 is 0 Å². The average molecular weight is 210 g/mol. The van der Waals surface area contributed by atoms with E-state index in [1.165, 1.54) is 57.9 Å². The summed E-state index contributed by atoms with van der Waals surface area (Å²) in [5, 5.41) is 3.77. The fraction of sp³-hybridized carbons (Fsp3) is 1.00. The molecule has 2 fully saturated rings. The molecule has 2 heteroatoms. The molecule has 2 nitrogen and oxygen atoms in total. The molecule has 2 rings (SSSR count). The van der Waals surface area contributed by atoms with Crippen LogP contribution in [0.2, 0.25) is 0 Å². The molecule has 0 bridgehead atoms. The smallest absolute Gasteiger partial charge is 0.0327 e. The first kappa shape index (κ1) is 11.4. The average Bonchev–Trinajstić information content (AvgIpc) is 2.16. The second-order valence-corrected chi connectivity index (χ2v) is 5.69. The van der Waals surface area contributed by atoms with E-state index in [-0.39, 0.29) is 0 Å². The van der Waals surface area contributed by atoms with Crippen LogP contribution in [0.3, 0.4) is 0 Å². The zero-order valence-electron chi connectivity index (χ0n) is 10.4. The van der Waals surface area contributed by atoms with Crippen LogP contribution in [0.4, 0.5) is 0 Å². The highest BCUT2D eigenvalue weighted by Crippen LogP contribution is 2.32. The van der Waals surface area contributed by atoms with Gasteiger partial charge in [0.05, 0.1) is 0 Å². The van der Waals surface area contributed by atoms with Gasteiger partial charge in [-0.05, 0) is 39.8 Å². The Morgan fingerprint density at radius 3 is 2.20 bits per heavy atom. The monoisotopic (exact) mass is 210 g/mol. The molecular formula is C13H26N2. The van der Waals surface area contributed by atoms with Crippen molar-refractivity contribution in [3.8, 4) is 0 Å². The Balaban J connectivity index is 1.86. The lowest BCUT2D eigenvalue weighted by molar-refractivity contribution is 0.0906. The van der Waals surface area contributed by atoms with Gasteiger partial charge in [0.2, 0.25) is 0 Å². The molecule has 0 unspecified atom stereocenters. The number of nitrogens with zero attached hydrogens (tertiary/aromatic N) is 1. The van der Waals surface area contributed by atoms with E-state index in [0.717, 1.165) is 6.04 Å². The van der Waals surface area contributed by atoms with Gasteiger partial charge in [0.1, 0.15) is 0 Å². The normalized spacial score (nSPS) is 26.6. The maximum absolute atomic E-state index is 3.77. The van der Waals surface area contributed by atoms with E-state index in [1.807, 2.05) is 0 Å². The zero-order valence-corrected chi connectivity index (χ0v) is 10.4. The molecule has 0 radical (unpaired) electrons. The summed E-state index contributed by atoms with van der Waals surface area (Å²) in [6.07, 6.45) is 11.3. The third-order valence-corrected chi connectivity index (χ3v) is 4.56. The fourth-order valence-electron chi connectivity index (χ4n) is 2.94. The predicted molar refractivity (Wildman–Crippen MR) is 65.1 cm³/mol. The summed E-state index contributed by atoms with van der Waals surface area (Å²) in [6, 6.07) is 0.837.